The molecule has 4 nitrogen and oxygen atoms in total. The molecule has 106 valence electrons. The Hall–Kier alpha value is -1.59. The molecule has 0 aliphatic heterocycles. The van der Waals surface area contributed by atoms with Crippen molar-refractivity contribution in [2.24, 2.45) is 0 Å². The van der Waals surface area contributed by atoms with Crippen molar-refractivity contribution in [3.63, 3.8) is 0 Å². The van der Waals surface area contributed by atoms with Gasteiger partial charge in [0, 0.05) is 5.38 Å². The number of ether oxygens (including phenoxy) is 1. The molecule has 0 unspecified atom stereocenters. The van der Waals surface area contributed by atoms with Gasteiger partial charge in [0.15, 0.2) is 6.10 Å². The van der Waals surface area contributed by atoms with E-state index in [0.29, 0.717) is 17.3 Å². The van der Waals surface area contributed by atoms with E-state index >= 15 is 0 Å². The molecule has 0 aliphatic rings. The van der Waals surface area contributed by atoms with Crippen LogP contribution in [-0.2, 0) is 11.3 Å². The Morgan fingerprint density at radius 2 is 2.25 bits per heavy atom. The summed E-state index contributed by atoms with van der Waals surface area (Å²) in [5.74, 6) is 0.303. The first-order valence-electron chi connectivity index (χ1n) is 6.16. The molecule has 0 fully saturated rings. The number of amides is 1. The Morgan fingerprint density at radius 1 is 1.50 bits per heavy atom. The quantitative estimate of drug-likeness (QED) is 0.922. The molecule has 1 aromatic carbocycles. The maximum Gasteiger partial charge on any atom is 0.261 e. The van der Waals surface area contributed by atoms with Crippen LogP contribution in [0.5, 0.6) is 5.75 Å². The van der Waals surface area contributed by atoms with Gasteiger partial charge in [-0.25, -0.2) is 4.98 Å². The van der Waals surface area contributed by atoms with Gasteiger partial charge < -0.3 is 10.1 Å². The molecule has 2 rings (SSSR count). The van der Waals surface area contributed by atoms with Gasteiger partial charge >= 0.3 is 0 Å². The lowest BCUT2D eigenvalue weighted by molar-refractivity contribution is -0.127. The first-order valence-corrected chi connectivity index (χ1v) is 7.42. The highest BCUT2D eigenvalue weighted by Crippen LogP contribution is 2.24. The average Bonchev–Trinajstić information content (AvgIpc) is 2.84. The Bertz CT molecular complexity index is 600. The summed E-state index contributed by atoms with van der Waals surface area (Å²) in [4.78, 5) is 16.2. The minimum absolute atomic E-state index is 0.199. The van der Waals surface area contributed by atoms with E-state index in [2.05, 4.69) is 10.3 Å². The standard InChI is InChI=1S/C14H15ClN2O2S/c1-9(19-13-6-4-3-5-12(13)15)14(18)16-7-11-8-20-10(2)17-11/h3-6,8-9H,7H2,1-2H3,(H,16,18)/t9-/m0/s1. The van der Waals surface area contributed by atoms with E-state index < -0.39 is 6.10 Å². The molecule has 1 heterocycles. The van der Waals surface area contributed by atoms with Crippen LogP contribution in [0.2, 0.25) is 5.02 Å². The van der Waals surface area contributed by atoms with E-state index in [-0.39, 0.29) is 5.91 Å². The van der Waals surface area contributed by atoms with Crippen LogP contribution in [0.25, 0.3) is 0 Å². The fourth-order valence-electron chi connectivity index (χ4n) is 1.60. The normalized spacial score (nSPS) is 11.9. The molecule has 0 aliphatic carbocycles. The molecule has 0 spiro atoms. The second-order valence-corrected chi connectivity index (χ2v) is 5.74. The third-order valence-corrected chi connectivity index (χ3v) is 3.75. The highest BCUT2D eigenvalue weighted by Gasteiger charge is 2.15. The molecule has 0 radical (unpaired) electrons. The van der Waals surface area contributed by atoms with E-state index in [1.54, 1.807) is 30.4 Å². The van der Waals surface area contributed by atoms with Crippen molar-refractivity contribution in [1.82, 2.24) is 10.3 Å². The minimum Gasteiger partial charge on any atom is -0.479 e. The number of carbonyl (C=O) groups is 1. The Morgan fingerprint density at radius 3 is 2.90 bits per heavy atom. The van der Waals surface area contributed by atoms with Crippen LogP contribution >= 0.6 is 22.9 Å². The molecule has 6 heteroatoms. The van der Waals surface area contributed by atoms with Gasteiger partial charge in [-0.3, -0.25) is 4.79 Å². The number of nitrogens with one attached hydrogen (secondary N) is 1. The molecular formula is C14H15ClN2O2S. The predicted molar refractivity (Wildman–Crippen MR) is 80.2 cm³/mol. The van der Waals surface area contributed by atoms with Gasteiger partial charge in [0.1, 0.15) is 5.75 Å². The number of benzene rings is 1. The number of aromatic nitrogens is 1. The maximum atomic E-state index is 11.9. The molecule has 20 heavy (non-hydrogen) atoms. The van der Waals surface area contributed by atoms with Crippen molar-refractivity contribution in [2.45, 2.75) is 26.5 Å². The molecule has 0 saturated heterocycles. The van der Waals surface area contributed by atoms with E-state index in [0.717, 1.165) is 10.7 Å². The van der Waals surface area contributed by atoms with Crippen molar-refractivity contribution in [2.75, 3.05) is 0 Å². The smallest absolute Gasteiger partial charge is 0.261 e. The predicted octanol–water partition coefficient (Wildman–Crippen LogP) is 3.19. The zero-order valence-corrected chi connectivity index (χ0v) is 12.8. The highest BCUT2D eigenvalue weighted by molar-refractivity contribution is 7.09. The van der Waals surface area contributed by atoms with Gasteiger partial charge in [0.2, 0.25) is 0 Å². The van der Waals surface area contributed by atoms with Crippen molar-refractivity contribution < 1.29 is 9.53 Å². The summed E-state index contributed by atoms with van der Waals surface area (Å²) in [5, 5.41) is 6.18. The number of para-hydroxylation sites is 1. The van der Waals surface area contributed by atoms with Crippen molar-refractivity contribution >= 4 is 28.8 Å². The van der Waals surface area contributed by atoms with Crippen molar-refractivity contribution in [3.05, 3.63) is 45.4 Å². The number of carbonyl (C=O) groups excluding carboxylic acids is 1. The van der Waals surface area contributed by atoms with E-state index in [1.165, 1.54) is 0 Å². The summed E-state index contributed by atoms with van der Waals surface area (Å²) in [6.07, 6.45) is -0.616. The first kappa shape index (κ1) is 14.8. The van der Waals surface area contributed by atoms with Crippen molar-refractivity contribution in [3.8, 4) is 5.75 Å². The van der Waals surface area contributed by atoms with Gasteiger partial charge in [-0.05, 0) is 26.0 Å². The lowest BCUT2D eigenvalue weighted by Crippen LogP contribution is -2.36. The average molecular weight is 311 g/mol. The third kappa shape index (κ3) is 3.95. The number of aryl methyl sites for hydroxylation is 1. The Kier molecular flexibility index (Phi) is 4.98. The van der Waals surface area contributed by atoms with Crippen LogP contribution in [0.3, 0.4) is 0 Å². The topological polar surface area (TPSA) is 51.2 Å². The minimum atomic E-state index is -0.616. The Labute approximate surface area is 126 Å². The van der Waals surface area contributed by atoms with Crippen LogP contribution in [0.15, 0.2) is 29.6 Å². The molecule has 1 aromatic heterocycles. The van der Waals surface area contributed by atoms with Gasteiger partial charge in [0.05, 0.1) is 22.3 Å². The summed E-state index contributed by atoms with van der Waals surface area (Å²) in [6.45, 7) is 4.02. The molecule has 1 amide bonds. The van der Waals surface area contributed by atoms with Gasteiger partial charge in [-0.1, -0.05) is 23.7 Å². The van der Waals surface area contributed by atoms with Crippen LogP contribution in [-0.4, -0.2) is 17.0 Å². The second kappa shape index (κ2) is 6.72. The number of nitrogens with zero attached hydrogens (tertiary/aromatic N) is 1. The fourth-order valence-corrected chi connectivity index (χ4v) is 2.39. The molecule has 2 aromatic rings. The molecule has 0 bridgehead atoms. The van der Waals surface area contributed by atoms with Gasteiger partial charge in [0.25, 0.3) is 5.91 Å². The summed E-state index contributed by atoms with van der Waals surface area (Å²) in [5.41, 5.74) is 0.853. The van der Waals surface area contributed by atoms with Crippen LogP contribution in [0.1, 0.15) is 17.6 Å². The lowest BCUT2D eigenvalue weighted by Gasteiger charge is -2.15. The zero-order chi connectivity index (χ0) is 14.5. The van der Waals surface area contributed by atoms with E-state index in [4.69, 9.17) is 16.3 Å². The van der Waals surface area contributed by atoms with Crippen LogP contribution < -0.4 is 10.1 Å². The molecule has 1 N–H and O–H groups in total. The lowest BCUT2D eigenvalue weighted by atomic mass is 10.3. The number of hydrogen-bond acceptors (Lipinski definition) is 4. The fraction of sp³-hybridized carbons (Fsp3) is 0.286. The monoisotopic (exact) mass is 310 g/mol. The molecule has 1 atom stereocenters. The third-order valence-electron chi connectivity index (χ3n) is 2.62. The summed E-state index contributed by atoms with van der Waals surface area (Å²) in [7, 11) is 0. The van der Waals surface area contributed by atoms with Gasteiger partial charge in [-0.15, -0.1) is 11.3 Å². The molecular weight excluding hydrogens is 296 g/mol. The highest BCUT2D eigenvalue weighted by atomic mass is 35.5. The van der Waals surface area contributed by atoms with Crippen molar-refractivity contribution in [1.29, 1.82) is 0 Å². The number of thiazole rings is 1. The van der Waals surface area contributed by atoms with Gasteiger partial charge in [-0.2, -0.15) is 0 Å². The maximum absolute atomic E-state index is 11.9. The largest absolute Gasteiger partial charge is 0.479 e. The zero-order valence-electron chi connectivity index (χ0n) is 11.2. The summed E-state index contributed by atoms with van der Waals surface area (Å²) >= 11 is 7.54. The van der Waals surface area contributed by atoms with Crippen LogP contribution in [0.4, 0.5) is 0 Å². The Balaban J connectivity index is 1.87. The van der Waals surface area contributed by atoms with Crippen LogP contribution in [0, 0.1) is 6.92 Å². The summed E-state index contributed by atoms with van der Waals surface area (Å²) < 4.78 is 5.54. The number of hydrogen-bond donors (Lipinski definition) is 1. The summed E-state index contributed by atoms with van der Waals surface area (Å²) in [6, 6.07) is 7.07. The SMILES string of the molecule is Cc1nc(CNC(=O)[C@H](C)Oc2ccccc2Cl)cs1. The second-order valence-electron chi connectivity index (χ2n) is 4.27. The molecule has 0 saturated carbocycles. The van der Waals surface area contributed by atoms with E-state index in [9.17, 15) is 4.79 Å². The number of halogens is 1. The number of rotatable bonds is 5. The van der Waals surface area contributed by atoms with E-state index in [1.807, 2.05) is 24.4 Å². The first-order chi connectivity index (χ1) is 9.56.